The average molecular weight is 281 g/mol. The second-order valence-electron chi connectivity index (χ2n) is 3.81. The third-order valence-electron chi connectivity index (χ3n) is 2.27. The van der Waals surface area contributed by atoms with Crippen molar-refractivity contribution in [3.05, 3.63) is 33.0 Å². The number of nitrogens with two attached hydrogens (primary N) is 1. The molecule has 0 saturated heterocycles. The highest BCUT2D eigenvalue weighted by Crippen LogP contribution is 2.33. The van der Waals surface area contributed by atoms with Crippen LogP contribution >= 0.6 is 27.5 Å². The lowest BCUT2D eigenvalue weighted by Gasteiger charge is -2.24. The third kappa shape index (κ3) is 2.10. The molecule has 0 aliphatic carbocycles. The van der Waals surface area contributed by atoms with Gasteiger partial charge in [-0.1, -0.05) is 31.5 Å². The Hall–Kier alpha value is -0.120. The largest absolute Gasteiger partial charge is 0.330 e. The molecular formula is C10H12BrClFN. The van der Waals surface area contributed by atoms with E-state index in [9.17, 15) is 4.39 Å². The Labute approximate surface area is 96.6 Å². The average Bonchev–Trinajstić information content (AvgIpc) is 2.14. The predicted octanol–water partition coefficient (Wildman–Crippen LogP) is 3.48. The molecule has 0 aliphatic rings. The van der Waals surface area contributed by atoms with Crippen molar-refractivity contribution in [2.24, 2.45) is 5.73 Å². The summed E-state index contributed by atoms with van der Waals surface area (Å²) in [6, 6.07) is 3.44. The Bertz CT molecular complexity index is 352. The van der Waals surface area contributed by atoms with Crippen LogP contribution in [-0.2, 0) is 5.41 Å². The molecule has 0 aliphatic heterocycles. The highest BCUT2D eigenvalue weighted by molar-refractivity contribution is 9.10. The van der Waals surface area contributed by atoms with Crippen LogP contribution < -0.4 is 5.73 Å². The Kier molecular flexibility index (Phi) is 3.56. The number of halogens is 3. The highest BCUT2D eigenvalue weighted by atomic mass is 79.9. The normalized spacial score (nSPS) is 11.9. The number of benzene rings is 1. The zero-order chi connectivity index (χ0) is 10.9. The SMILES string of the molecule is CC(C)(CN)c1ccc(Br)c(Cl)c1F. The van der Waals surface area contributed by atoms with E-state index in [4.69, 9.17) is 17.3 Å². The van der Waals surface area contributed by atoms with Gasteiger partial charge in [0.2, 0.25) is 0 Å². The van der Waals surface area contributed by atoms with Gasteiger partial charge in [-0.2, -0.15) is 0 Å². The van der Waals surface area contributed by atoms with Crippen molar-refractivity contribution in [2.75, 3.05) is 6.54 Å². The van der Waals surface area contributed by atoms with Gasteiger partial charge in [0.05, 0.1) is 5.02 Å². The van der Waals surface area contributed by atoms with E-state index in [0.29, 0.717) is 16.6 Å². The Balaban J connectivity index is 3.31. The molecule has 0 bridgehead atoms. The monoisotopic (exact) mass is 279 g/mol. The van der Waals surface area contributed by atoms with Crippen molar-refractivity contribution in [3.8, 4) is 0 Å². The summed E-state index contributed by atoms with van der Waals surface area (Å²) in [5.74, 6) is -0.392. The van der Waals surface area contributed by atoms with E-state index >= 15 is 0 Å². The Morgan fingerprint density at radius 1 is 1.50 bits per heavy atom. The molecule has 1 aromatic rings. The van der Waals surface area contributed by atoms with Crippen molar-refractivity contribution < 1.29 is 4.39 Å². The van der Waals surface area contributed by atoms with Gasteiger partial charge in [0.25, 0.3) is 0 Å². The maximum absolute atomic E-state index is 13.7. The van der Waals surface area contributed by atoms with Crippen LogP contribution in [0.15, 0.2) is 16.6 Å². The fourth-order valence-corrected chi connectivity index (χ4v) is 1.63. The second-order valence-corrected chi connectivity index (χ2v) is 5.04. The van der Waals surface area contributed by atoms with Gasteiger partial charge in [-0.05, 0) is 27.6 Å². The molecule has 0 unspecified atom stereocenters. The first-order valence-corrected chi connectivity index (χ1v) is 5.41. The van der Waals surface area contributed by atoms with Crippen molar-refractivity contribution in [3.63, 3.8) is 0 Å². The predicted molar refractivity (Wildman–Crippen MR) is 61.2 cm³/mol. The van der Waals surface area contributed by atoms with Crippen LogP contribution in [-0.4, -0.2) is 6.54 Å². The molecule has 4 heteroatoms. The maximum Gasteiger partial charge on any atom is 0.146 e. The summed E-state index contributed by atoms with van der Waals surface area (Å²) < 4.78 is 14.3. The number of rotatable bonds is 2. The molecule has 0 radical (unpaired) electrons. The fourth-order valence-electron chi connectivity index (χ4n) is 1.16. The molecule has 0 fully saturated rings. The molecule has 1 aromatic carbocycles. The van der Waals surface area contributed by atoms with Crippen LogP contribution in [0.1, 0.15) is 19.4 Å². The van der Waals surface area contributed by atoms with E-state index < -0.39 is 11.2 Å². The van der Waals surface area contributed by atoms with Gasteiger partial charge in [-0.15, -0.1) is 0 Å². The van der Waals surface area contributed by atoms with Gasteiger partial charge in [0.1, 0.15) is 5.82 Å². The molecule has 78 valence electrons. The lowest BCUT2D eigenvalue weighted by atomic mass is 9.84. The maximum atomic E-state index is 13.7. The van der Waals surface area contributed by atoms with Crippen molar-refractivity contribution in [1.29, 1.82) is 0 Å². The van der Waals surface area contributed by atoms with Gasteiger partial charge < -0.3 is 5.73 Å². The summed E-state index contributed by atoms with van der Waals surface area (Å²) in [6.45, 7) is 4.15. The first-order valence-electron chi connectivity index (χ1n) is 4.24. The summed E-state index contributed by atoms with van der Waals surface area (Å²) in [6.07, 6.45) is 0. The summed E-state index contributed by atoms with van der Waals surface area (Å²) in [5.41, 5.74) is 5.73. The molecular weight excluding hydrogens is 268 g/mol. The van der Waals surface area contributed by atoms with E-state index in [2.05, 4.69) is 15.9 Å². The topological polar surface area (TPSA) is 26.0 Å². The molecule has 1 nitrogen and oxygen atoms in total. The minimum Gasteiger partial charge on any atom is -0.330 e. The van der Waals surface area contributed by atoms with Gasteiger partial charge >= 0.3 is 0 Å². The van der Waals surface area contributed by atoms with Crippen molar-refractivity contribution in [2.45, 2.75) is 19.3 Å². The molecule has 0 spiro atoms. The molecule has 0 aromatic heterocycles. The minimum atomic E-state index is -0.394. The van der Waals surface area contributed by atoms with E-state index in [1.807, 2.05) is 13.8 Å². The zero-order valence-electron chi connectivity index (χ0n) is 8.07. The van der Waals surface area contributed by atoms with Crippen LogP contribution in [0.5, 0.6) is 0 Å². The van der Waals surface area contributed by atoms with Crippen molar-refractivity contribution in [1.82, 2.24) is 0 Å². The highest BCUT2D eigenvalue weighted by Gasteiger charge is 2.24. The first kappa shape index (κ1) is 12.0. The smallest absolute Gasteiger partial charge is 0.146 e. The van der Waals surface area contributed by atoms with Gasteiger partial charge in [-0.3, -0.25) is 0 Å². The summed E-state index contributed by atoms with van der Waals surface area (Å²) >= 11 is 8.95. The summed E-state index contributed by atoms with van der Waals surface area (Å²) in [4.78, 5) is 0. The lowest BCUT2D eigenvalue weighted by Crippen LogP contribution is -2.29. The van der Waals surface area contributed by atoms with Gasteiger partial charge in [0, 0.05) is 16.4 Å². The van der Waals surface area contributed by atoms with E-state index in [1.165, 1.54) is 0 Å². The van der Waals surface area contributed by atoms with E-state index in [1.54, 1.807) is 12.1 Å². The third-order valence-corrected chi connectivity index (χ3v) is 3.53. The quantitative estimate of drug-likeness (QED) is 0.825. The number of hydrogen-bond donors (Lipinski definition) is 1. The van der Waals surface area contributed by atoms with E-state index in [0.717, 1.165) is 0 Å². The van der Waals surface area contributed by atoms with Crippen LogP contribution in [0.3, 0.4) is 0 Å². The standard InChI is InChI=1S/C10H12BrClFN/c1-10(2,5-14)6-3-4-7(11)8(12)9(6)13/h3-4H,5,14H2,1-2H3. The Morgan fingerprint density at radius 3 is 2.57 bits per heavy atom. The van der Waals surface area contributed by atoms with Crippen LogP contribution in [0.25, 0.3) is 0 Å². The lowest BCUT2D eigenvalue weighted by molar-refractivity contribution is 0.493. The molecule has 2 N–H and O–H groups in total. The molecule has 0 saturated carbocycles. The minimum absolute atomic E-state index is 0.115. The molecule has 0 atom stereocenters. The fraction of sp³-hybridized carbons (Fsp3) is 0.400. The van der Waals surface area contributed by atoms with Crippen LogP contribution in [0.4, 0.5) is 4.39 Å². The van der Waals surface area contributed by atoms with Crippen LogP contribution in [0.2, 0.25) is 5.02 Å². The zero-order valence-corrected chi connectivity index (χ0v) is 10.4. The van der Waals surface area contributed by atoms with Gasteiger partial charge in [-0.25, -0.2) is 4.39 Å². The second kappa shape index (κ2) is 4.17. The summed E-state index contributed by atoms with van der Waals surface area (Å²) in [7, 11) is 0. The first-order chi connectivity index (χ1) is 6.40. The summed E-state index contributed by atoms with van der Waals surface area (Å²) in [5, 5.41) is 0.115. The van der Waals surface area contributed by atoms with Crippen molar-refractivity contribution >= 4 is 27.5 Å². The van der Waals surface area contributed by atoms with E-state index in [-0.39, 0.29) is 5.02 Å². The molecule has 0 amide bonds. The number of hydrogen-bond acceptors (Lipinski definition) is 1. The Morgan fingerprint density at radius 2 is 2.07 bits per heavy atom. The molecule has 1 rings (SSSR count). The molecule has 0 heterocycles. The van der Waals surface area contributed by atoms with Crippen LogP contribution in [0, 0.1) is 5.82 Å². The molecule has 14 heavy (non-hydrogen) atoms. The van der Waals surface area contributed by atoms with Gasteiger partial charge in [0.15, 0.2) is 0 Å².